The molecule has 0 aliphatic carbocycles. The largest absolute Gasteiger partial charge is 0.378 e. The van der Waals surface area contributed by atoms with Gasteiger partial charge in [0.25, 0.3) is 0 Å². The second-order valence-corrected chi connectivity index (χ2v) is 9.45. The van der Waals surface area contributed by atoms with E-state index in [-0.39, 0.29) is 18.0 Å². The fraction of sp³-hybridized carbons (Fsp3) is 0.500. The predicted octanol–water partition coefficient (Wildman–Crippen LogP) is 2.98. The number of carbonyl (C=O) groups excluding carboxylic acids is 2. The van der Waals surface area contributed by atoms with Gasteiger partial charge in [0.2, 0.25) is 0 Å². The summed E-state index contributed by atoms with van der Waals surface area (Å²) in [6.07, 6.45) is 4.64. The van der Waals surface area contributed by atoms with Crippen LogP contribution >= 0.6 is 0 Å². The standard InChI is InChI=1S/C26H34N8O4/c1-3-4-22(35)38-33-11-9-20(10-12-33)34-25-21(17-28-34)24(32-13-15-37-16-14-32)30-23(31-25)18-5-7-19(8-6-18)29-26(36)27-2/h5-8,17,20H,3-4,9-16H2,1-2H3,(H2,27,29,36). The number of nitrogens with zero attached hydrogens (tertiary/aromatic N) is 6. The number of benzene rings is 1. The molecule has 5 rings (SSSR count). The Balaban J connectivity index is 1.44. The first kappa shape index (κ1) is 25.9. The number of hydrogen-bond donors (Lipinski definition) is 2. The molecule has 2 aromatic heterocycles. The van der Waals surface area contributed by atoms with Gasteiger partial charge in [-0.2, -0.15) is 5.10 Å². The molecule has 0 spiro atoms. The number of rotatable bonds is 7. The molecule has 12 nitrogen and oxygen atoms in total. The molecule has 2 aliphatic heterocycles. The molecule has 2 amide bonds. The van der Waals surface area contributed by atoms with Crippen LogP contribution in [-0.4, -0.2) is 83.3 Å². The third-order valence-electron chi connectivity index (χ3n) is 6.83. The molecule has 2 aliphatic rings. The summed E-state index contributed by atoms with van der Waals surface area (Å²) >= 11 is 0. The van der Waals surface area contributed by atoms with E-state index in [0.29, 0.717) is 44.2 Å². The van der Waals surface area contributed by atoms with E-state index in [0.717, 1.165) is 54.8 Å². The van der Waals surface area contributed by atoms with Crippen LogP contribution in [0.3, 0.4) is 0 Å². The number of fused-ring (bicyclic) bond motifs is 1. The topological polar surface area (TPSA) is 127 Å². The zero-order chi connectivity index (χ0) is 26.5. The van der Waals surface area contributed by atoms with E-state index in [9.17, 15) is 9.59 Å². The quantitative estimate of drug-likeness (QED) is 0.481. The summed E-state index contributed by atoms with van der Waals surface area (Å²) in [5, 5.41) is 12.7. The predicted molar refractivity (Wildman–Crippen MR) is 143 cm³/mol. The second kappa shape index (κ2) is 11.7. The Morgan fingerprint density at radius 3 is 2.50 bits per heavy atom. The van der Waals surface area contributed by atoms with E-state index < -0.39 is 0 Å². The Labute approximate surface area is 221 Å². The van der Waals surface area contributed by atoms with Gasteiger partial charge in [-0.1, -0.05) is 6.92 Å². The van der Waals surface area contributed by atoms with Crippen molar-refractivity contribution in [2.24, 2.45) is 0 Å². The van der Waals surface area contributed by atoms with Gasteiger partial charge in [0.05, 0.1) is 30.8 Å². The van der Waals surface area contributed by atoms with Crippen LogP contribution in [0.5, 0.6) is 0 Å². The van der Waals surface area contributed by atoms with Crippen molar-refractivity contribution in [1.29, 1.82) is 0 Å². The van der Waals surface area contributed by atoms with E-state index in [1.54, 1.807) is 12.1 Å². The molecule has 202 valence electrons. The maximum Gasteiger partial charge on any atom is 0.325 e. The first-order valence-electron chi connectivity index (χ1n) is 13.2. The number of carbonyl (C=O) groups is 2. The van der Waals surface area contributed by atoms with Crippen molar-refractivity contribution in [3.8, 4) is 11.4 Å². The van der Waals surface area contributed by atoms with E-state index >= 15 is 0 Å². The number of hydrogen-bond acceptors (Lipinski definition) is 9. The lowest BCUT2D eigenvalue weighted by atomic mass is 10.1. The van der Waals surface area contributed by atoms with E-state index in [1.807, 2.05) is 42.1 Å². The molecular weight excluding hydrogens is 488 g/mol. The van der Waals surface area contributed by atoms with Crippen molar-refractivity contribution in [1.82, 2.24) is 30.1 Å². The van der Waals surface area contributed by atoms with Crippen molar-refractivity contribution < 1.29 is 19.2 Å². The number of ether oxygens (including phenoxy) is 1. The average Bonchev–Trinajstić information content (AvgIpc) is 3.38. The number of morpholine rings is 1. The summed E-state index contributed by atoms with van der Waals surface area (Å²) in [4.78, 5) is 41.2. The fourth-order valence-corrected chi connectivity index (χ4v) is 4.79. The van der Waals surface area contributed by atoms with Crippen molar-refractivity contribution >= 4 is 34.5 Å². The highest BCUT2D eigenvalue weighted by molar-refractivity contribution is 5.90. The molecule has 2 fully saturated rings. The molecule has 0 atom stereocenters. The molecule has 38 heavy (non-hydrogen) atoms. The number of anilines is 2. The number of amides is 2. The van der Waals surface area contributed by atoms with Crippen LogP contribution in [0.1, 0.15) is 38.6 Å². The monoisotopic (exact) mass is 522 g/mol. The smallest absolute Gasteiger partial charge is 0.325 e. The van der Waals surface area contributed by atoms with Gasteiger partial charge in [-0.15, -0.1) is 5.06 Å². The van der Waals surface area contributed by atoms with Gasteiger partial charge in [0, 0.05) is 50.9 Å². The molecule has 12 heteroatoms. The van der Waals surface area contributed by atoms with Gasteiger partial charge in [0.15, 0.2) is 11.5 Å². The third kappa shape index (κ3) is 5.70. The third-order valence-corrected chi connectivity index (χ3v) is 6.83. The van der Waals surface area contributed by atoms with Crippen molar-refractivity contribution in [3.05, 3.63) is 30.5 Å². The summed E-state index contributed by atoms with van der Waals surface area (Å²) in [5.41, 5.74) is 2.30. The molecule has 2 saturated heterocycles. The van der Waals surface area contributed by atoms with Gasteiger partial charge in [-0.05, 0) is 43.5 Å². The summed E-state index contributed by atoms with van der Waals surface area (Å²) < 4.78 is 7.57. The summed E-state index contributed by atoms with van der Waals surface area (Å²) in [7, 11) is 1.58. The van der Waals surface area contributed by atoms with Gasteiger partial charge in [-0.25, -0.2) is 19.4 Å². The van der Waals surface area contributed by atoms with Crippen LogP contribution in [0, 0.1) is 0 Å². The highest BCUT2D eigenvalue weighted by atomic mass is 16.7. The normalized spacial score (nSPS) is 16.9. The maximum absolute atomic E-state index is 11.9. The Morgan fingerprint density at radius 2 is 1.82 bits per heavy atom. The van der Waals surface area contributed by atoms with Crippen molar-refractivity contribution in [2.45, 2.75) is 38.6 Å². The molecule has 0 unspecified atom stereocenters. The highest BCUT2D eigenvalue weighted by Gasteiger charge is 2.27. The first-order valence-corrected chi connectivity index (χ1v) is 13.2. The summed E-state index contributed by atoms with van der Waals surface area (Å²) in [6.45, 7) is 6.04. The molecule has 2 N–H and O–H groups in total. The van der Waals surface area contributed by atoms with Crippen LogP contribution < -0.4 is 15.5 Å². The first-order chi connectivity index (χ1) is 18.6. The minimum atomic E-state index is -0.278. The number of hydroxylamine groups is 2. The van der Waals surface area contributed by atoms with Crippen LogP contribution in [0.15, 0.2) is 30.5 Å². The van der Waals surface area contributed by atoms with Gasteiger partial charge < -0.3 is 25.1 Å². The van der Waals surface area contributed by atoms with Crippen LogP contribution in [0.2, 0.25) is 0 Å². The molecule has 4 heterocycles. The zero-order valence-corrected chi connectivity index (χ0v) is 21.9. The lowest BCUT2D eigenvalue weighted by molar-refractivity contribution is -0.196. The highest BCUT2D eigenvalue weighted by Crippen LogP contribution is 2.32. The van der Waals surface area contributed by atoms with Gasteiger partial charge in [0.1, 0.15) is 5.82 Å². The lowest BCUT2D eigenvalue weighted by Gasteiger charge is -2.31. The second-order valence-electron chi connectivity index (χ2n) is 9.45. The number of piperidine rings is 1. The van der Waals surface area contributed by atoms with Gasteiger partial charge >= 0.3 is 12.0 Å². The average molecular weight is 523 g/mol. The number of urea groups is 1. The van der Waals surface area contributed by atoms with Gasteiger partial charge in [-0.3, -0.25) is 4.79 Å². The summed E-state index contributed by atoms with van der Waals surface area (Å²) in [5.74, 6) is 1.26. The molecule has 0 radical (unpaired) electrons. The molecule has 3 aromatic rings. The summed E-state index contributed by atoms with van der Waals surface area (Å²) in [6, 6.07) is 7.32. The van der Waals surface area contributed by atoms with Crippen molar-refractivity contribution in [3.63, 3.8) is 0 Å². The Hall–Kier alpha value is -3.77. The molecule has 0 saturated carbocycles. The van der Waals surface area contributed by atoms with Crippen molar-refractivity contribution in [2.75, 3.05) is 56.7 Å². The van der Waals surface area contributed by atoms with E-state index in [1.165, 1.54) is 0 Å². The fourth-order valence-electron chi connectivity index (χ4n) is 4.79. The minimum absolute atomic E-state index is 0.132. The van der Waals surface area contributed by atoms with Crippen LogP contribution in [-0.2, 0) is 14.4 Å². The SMILES string of the molecule is CCCC(=O)ON1CCC(n2ncc3c(N4CCOCC4)nc(-c4ccc(NC(=O)NC)cc4)nc32)CC1. The Bertz CT molecular complexity index is 1260. The lowest BCUT2D eigenvalue weighted by Crippen LogP contribution is -2.37. The minimum Gasteiger partial charge on any atom is -0.378 e. The van der Waals surface area contributed by atoms with Crippen LogP contribution in [0.25, 0.3) is 22.4 Å². The van der Waals surface area contributed by atoms with E-state index in [2.05, 4.69) is 15.5 Å². The Morgan fingerprint density at radius 1 is 1.08 bits per heavy atom. The number of aromatic nitrogens is 4. The maximum atomic E-state index is 11.9. The molecule has 0 bridgehead atoms. The molecular formula is C26H34N8O4. The van der Waals surface area contributed by atoms with E-state index in [4.69, 9.17) is 24.6 Å². The number of nitrogens with one attached hydrogen (secondary N) is 2. The molecule has 1 aromatic carbocycles. The van der Waals surface area contributed by atoms with Crippen LogP contribution in [0.4, 0.5) is 16.3 Å². The Kier molecular flexibility index (Phi) is 7.99. The zero-order valence-electron chi connectivity index (χ0n) is 21.9.